The van der Waals surface area contributed by atoms with Crippen molar-refractivity contribution in [2.24, 2.45) is 57.7 Å². The molecule has 3 heteroatoms. The minimum atomic E-state index is -0.545. The molecule has 4 aliphatic carbocycles. The standard InChI is InChI=1S/C32H54O3/c1-19(2)11-10-12-20(3)21-13-14-22-26-23(15-16-31(21,22)8)32(9)18-29(4,5)25(33)17-24(32)27-28(26)35-30(6,7)34-27/h19-24,26-28H,10-18H2,1-9H3/t20-,21?,22+,23+,24-,26+,27-,28-,31-,32-/m1/s1. The van der Waals surface area contributed by atoms with Crippen molar-refractivity contribution in [2.45, 2.75) is 138 Å². The number of carbonyl (C=O) groups excluding carboxylic acids is 1. The van der Waals surface area contributed by atoms with Crippen molar-refractivity contribution in [3.05, 3.63) is 0 Å². The zero-order valence-corrected chi connectivity index (χ0v) is 24.3. The zero-order valence-electron chi connectivity index (χ0n) is 24.3. The van der Waals surface area contributed by atoms with Crippen LogP contribution in [0.1, 0.15) is 120 Å². The van der Waals surface area contributed by atoms with Crippen LogP contribution in [0.5, 0.6) is 0 Å². The van der Waals surface area contributed by atoms with Crippen LogP contribution in [0, 0.1) is 57.7 Å². The topological polar surface area (TPSA) is 35.5 Å². The van der Waals surface area contributed by atoms with Crippen molar-refractivity contribution in [1.29, 1.82) is 0 Å². The van der Waals surface area contributed by atoms with Crippen LogP contribution in [0.25, 0.3) is 0 Å². The quantitative estimate of drug-likeness (QED) is 0.394. The fraction of sp³-hybridized carbons (Fsp3) is 0.969. The van der Waals surface area contributed by atoms with E-state index in [4.69, 9.17) is 9.47 Å². The summed E-state index contributed by atoms with van der Waals surface area (Å²) in [6, 6.07) is 0. The maximum atomic E-state index is 13.2. The third kappa shape index (κ3) is 4.08. The average Bonchev–Trinajstić information content (AvgIpc) is 3.24. The highest BCUT2D eigenvalue weighted by atomic mass is 16.8. The molecule has 0 aromatic carbocycles. The monoisotopic (exact) mass is 486 g/mol. The van der Waals surface area contributed by atoms with Crippen LogP contribution in [0.3, 0.4) is 0 Å². The first-order valence-electron chi connectivity index (χ1n) is 15.1. The number of ketones is 1. The lowest BCUT2D eigenvalue weighted by molar-refractivity contribution is -0.194. The van der Waals surface area contributed by atoms with Crippen LogP contribution < -0.4 is 0 Å². The van der Waals surface area contributed by atoms with Crippen LogP contribution >= 0.6 is 0 Å². The molecular weight excluding hydrogens is 432 g/mol. The molecule has 10 atom stereocenters. The molecule has 0 aromatic heterocycles. The normalized spacial score (nSPS) is 48.7. The number of hydrogen-bond acceptors (Lipinski definition) is 3. The molecule has 0 spiro atoms. The highest BCUT2D eigenvalue weighted by molar-refractivity contribution is 5.85. The molecule has 5 aliphatic rings. The minimum absolute atomic E-state index is 0.0705. The first-order valence-corrected chi connectivity index (χ1v) is 15.1. The van der Waals surface area contributed by atoms with E-state index in [0.29, 0.717) is 35.4 Å². The maximum Gasteiger partial charge on any atom is 0.163 e. The van der Waals surface area contributed by atoms with E-state index in [1.165, 1.54) is 44.9 Å². The number of fused-ring (bicyclic) bond motifs is 8. The summed E-state index contributed by atoms with van der Waals surface area (Å²) in [5.41, 5.74) is 0.360. The molecular formula is C32H54O3. The predicted molar refractivity (Wildman–Crippen MR) is 142 cm³/mol. The molecule has 3 nitrogen and oxygen atoms in total. The van der Waals surface area contributed by atoms with Gasteiger partial charge in [0.1, 0.15) is 5.78 Å². The van der Waals surface area contributed by atoms with Gasteiger partial charge in [0.25, 0.3) is 0 Å². The molecule has 35 heavy (non-hydrogen) atoms. The number of Topliss-reactive ketones (excluding diaryl/α,β-unsaturated/α-hetero) is 1. The summed E-state index contributed by atoms with van der Waals surface area (Å²) in [6.07, 6.45) is 11.4. The Kier molecular flexibility index (Phi) is 6.40. The highest BCUT2D eigenvalue weighted by Crippen LogP contribution is 2.71. The van der Waals surface area contributed by atoms with E-state index < -0.39 is 5.79 Å². The van der Waals surface area contributed by atoms with Crippen molar-refractivity contribution in [1.82, 2.24) is 0 Å². The van der Waals surface area contributed by atoms with Crippen LogP contribution in [0.15, 0.2) is 0 Å². The van der Waals surface area contributed by atoms with Gasteiger partial charge in [0.15, 0.2) is 5.79 Å². The van der Waals surface area contributed by atoms with E-state index in [1.807, 2.05) is 0 Å². The zero-order chi connectivity index (χ0) is 25.6. The lowest BCUT2D eigenvalue weighted by atomic mass is 9.41. The largest absolute Gasteiger partial charge is 0.344 e. The SMILES string of the molecule is CC(C)CCC[C@@H](C)C1CC[C@H]2[C@@H]3[C@H]4OC(C)(C)O[C@@H]4[C@H]4CC(=O)C(C)(C)C[C@]4(C)[C@H]3CC[C@]12C. The second kappa shape index (κ2) is 8.55. The van der Waals surface area contributed by atoms with Gasteiger partial charge in [-0.3, -0.25) is 4.79 Å². The molecule has 0 N–H and O–H groups in total. The molecule has 1 unspecified atom stereocenters. The van der Waals surface area contributed by atoms with Crippen LogP contribution in [0.2, 0.25) is 0 Å². The van der Waals surface area contributed by atoms with E-state index in [-0.39, 0.29) is 23.0 Å². The van der Waals surface area contributed by atoms with Gasteiger partial charge in [-0.05, 0) is 92.3 Å². The molecule has 1 saturated heterocycles. The maximum absolute atomic E-state index is 13.2. The van der Waals surface area contributed by atoms with Crippen molar-refractivity contribution >= 4 is 5.78 Å². The van der Waals surface area contributed by atoms with Gasteiger partial charge >= 0.3 is 0 Å². The van der Waals surface area contributed by atoms with Gasteiger partial charge in [-0.2, -0.15) is 0 Å². The van der Waals surface area contributed by atoms with Gasteiger partial charge in [-0.1, -0.05) is 67.7 Å². The Hall–Kier alpha value is -0.410. The Morgan fingerprint density at radius 2 is 1.49 bits per heavy atom. The molecule has 1 aliphatic heterocycles. The summed E-state index contributed by atoms with van der Waals surface area (Å²) in [7, 11) is 0. The first-order chi connectivity index (χ1) is 16.2. The van der Waals surface area contributed by atoms with Gasteiger partial charge in [0.2, 0.25) is 0 Å². The van der Waals surface area contributed by atoms with Crippen LogP contribution in [-0.4, -0.2) is 23.8 Å². The third-order valence-electron chi connectivity index (χ3n) is 12.2. The smallest absolute Gasteiger partial charge is 0.163 e. The van der Waals surface area contributed by atoms with Crippen molar-refractivity contribution in [2.75, 3.05) is 0 Å². The van der Waals surface area contributed by atoms with Crippen molar-refractivity contribution in [3.8, 4) is 0 Å². The van der Waals surface area contributed by atoms with Crippen LogP contribution in [-0.2, 0) is 14.3 Å². The molecule has 0 radical (unpaired) electrons. The summed E-state index contributed by atoms with van der Waals surface area (Å²) >= 11 is 0. The van der Waals surface area contributed by atoms with Gasteiger partial charge in [-0.25, -0.2) is 0 Å². The Labute approximate surface area is 215 Å². The Morgan fingerprint density at radius 3 is 2.17 bits per heavy atom. The Balaban J connectivity index is 1.46. The second-order valence-electron chi connectivity index (χ2n) is 15.7. The molecule has 200 valence electrons. The van der Waals surface area contributed by atoms with Gasteiger partial charge in [-0.15, -0.1) is 0 Å². The Bertz CT molecular complexity index is 829. The summed E-state index contributed by atoms with van der Waals surface area (Å²) in [5.74, 6) is 4.59. The van der Waals surface area contributed by atoms with E-state index in [2.05, 4.69) is 62.3 Å². The molecule has 0 aromatic rings. The van der Waals surface area contributed by atoms with E-state index in [9.17, 15) is 4.79 Å². The highest BCUT2D eigenvalue weighted by Gasteiger charge is 2.70. The third-order valence-corrected chi connectivity index (χ3v) is 12.2. The molecule has 5 fully saturated rings. The fourth-order valence-corrected chi connectivity index (χ4v) is 10.7. The van der Waals surface area contributed by atoms with Gasteiger partial charge in [0.05, 0.1) is 12.2 Å². The lowest BCUT2D eigenvalue weighted by Gasteiger charge is -2.64. The predicted octanol–water partition coefficient (Wildman–Crippen LogP) is 8.05. The van der Waals surface area contributed by atoms with Crippen LogP contribution in [0.4, 0.5) is 0 Å². The van der Waals surface area contributed by atoms with E-state index >= 15 is 0 Å². The molecule has 4 saturated carbocycles. The summed E-state index contributed by atoms with van der Waals surface area (Å²) < 4.78 is 13.5. The number of hydrogen-bond donors (Lipinski definition) is 0. The number of carbonyl (C=O) groups is 1. The molecule has 0 bridgehead atoms. The van der Waals surface area contributed by atoms with Crippen molar-refractivity contribution < 1.29 is 14.3 Å². The number of ether oxygens (including phenoxy) is 2. The first kappa shape index (κ1) is 26.2. The minimum Gasteiger partial charge on any atom is -0.344 e. The average molecular weight is 487 g/mol. The number of rotatable bonds is 5. The Morgan fingerprint density at radius 1 is 0.829 bits per heavy atom. The van der Waals surface area contributed by atoms with Gasteiger partial charge in [0, 0.05) is 17.8 Å². The summed E-state index contributed by atoms with van der Waals surface area (Å²) in [5, 5.41) is 0. The lowest BCUT2D eigenvalue weighted by Crippen LogP contribution is -2.65. The summed E-state index contributed by atoms with van der Waals surface area (Å²) in [4.78, 5) is 13.2. The van der Waals surface area contributed by atoms with Crippen molar-refractivity contribution in [3.63, 3.8) is 0 Å². The molecule has 0 amide bonds. The molecule has 5 rings (SSSR count). The summed E-state index contributed by atoms with van der Waals surface area (Å²) in [6.45, 7) is 21.1. The molecule has 1 heterocycles. The fourth-order valence-electron chi connectivity index (χ4n) is 10.7. The van der Waals surface area contributed by atoms with E-state index in [1.54, 1.807) is 0 Å². The second-order valence-corrected chi connectivity index (χ2v) is 15.7. The van der Waals surface area contributed by atoms with E-state index in [0.717, 1.165) is 30.1 Å². The van der Waals surface area contributed by atoms with Gasteiger partial charge < -0.3 is 9.47 Å².